The first-order valence-corrected chi connectivity index (χ1v) is 8.48. The van der Waals surface area contributed by atoms with Gasteiger partial charge in [0.25, 0.3) is 0 Å². The molecule has 0 radical (unpaired) electrons. The largest absolute Gasteiger partial charge is 0.496 e. The van der Waals surface area contributed by atoms with E-state index in [2.05, 4.69) is 6.92 Å². The highest BCUT2D eigenvalue weighted by atomic mass is 32.2. The number of methoxy groups -OCH3 is 2. The highest BCUT2D eigenvalue weighted by Crippen LogP contribution is 2.42. The van der Waals surface area contributed by atoms with E-state index in [9.17, 15) is 0 Å². The van der Waals surface area contributed by atoms with Gasteiger partial charge in [0.15, 0.2) is 0 Å². The molecule has 1 saturated heterocycles. The molecule has 3 nitrogen and oxygen atoms in total. The minimum atomic E-state index is -0.0705. The molecule has 0 spiro atoms. The SMILES string of the molecule is COc1cccc(OC)c1C(N)C1SCCSC1C. The predicted molar refractivity (Wildman–Crippen MR) is 84.6 cm³/mol. The van der Waals surface area contributed by atoms with Gasteiger partial charge in [0.2, 0.25) is 0 Å². The number of ether oxygens (including phenoxy) is 2. The molecular weight excluding hydrogens is 278 g/mol. The fourth-order valence-corrected chi connectivity index (χ4v) is 5.28. The lowest BCUT2D eigenvalue weighted by molar-refractivity contribution is 0.378. The maximum atomic E-state index is 6.52. The Morgan fingerprint density at radius 2 is 1.74 bits per heavy atom. The van der Waals surface area contributed by atoms with Crippen molar-refractivity contribution in [2.75, 3.05) is 25.7 Å². The summed E-state index contributed by atoms with van der Waals surface area (Å²) in [5.74, 6) is 3.99. The second-order valence-electron chi connectivity index (χ2n) is 4.51. The molecule has 0 amide bonds. The van der Waals surface area contributed by atoms with E-state index in [1.807, 2.05) is 41.7 Å². The molecule has 19 heavy (non-hydrogen) atoms. The summed E-state index contributed by atoms with van der Waals surface area (Å²) in [6.45, 7) is 2.25. The Labute approximate surface area is 123 Å². The van der Waals surface area contributed by atoms with Crippen molar-refractivity contribution in [2.45, 2.75) is 23.5 Å². The Balaban J connectivity index is 2.33. The van der Waals surface area contributed by atoms with Crippen molar-refractivity contribution in [3.05, 3.63) is 23.8 Å². The number of rotatable bonds is 4. The summed E-state index contributed by atoms with van der Waals surface area (Å²) < 4.78 is 10.9. The Kier molecular flexibility index (Phi) is 5.30. The van der Waals surface area contributed by atoms with Crippen LogP contribution in [0, 0.1) is 0 Å². The topological polar surface area (TPSA) is 44.5 Å². The monoisotopic (exact) mass is 299 g/mol. The third-order valence-corrected chi connectivity index (χ3v) is 6.61. The Hall–Kier alpha value is -0.520. The van der Waals surface area contributed by atoms with Crippen molar-refractivity contribution < 1.29 is 9.47 Å². The lowest BCUT2D eigenvalue weighted by atomic mass is 10.00. The van der Waals surface area contributed by atoms with E-state index in [1.165, 1.54) is 5.75 Å². The molecule has 2 rings (SSSR count). The van der Waals surface area contributed by atoms with Crippen LogP contribution in [0.4, 0.5) is 0 Å². The first kappa shape index (κ1) is 14.9. The molecule has 3 atom stereocenters. The smallest absolute Gasteiger partial charge is 0.127 e. The Bertz CT molecular complexity index is 406. The molecule has 2 N–H and O–H groups in total. The average molecular weight is 299 g/mol. The minimum Gasteiger partial charge on any atom is -0.496 e. The van der Waals surface area contributed by atoms with Gasteiger partial charge in [0, 0.05) is 28.0 Å². The van der Waals surface area contributed by atoms with Gasteiger partial charge in [-0.3, -0.25) is 0 Å². The van der Waals surface area contributed by atoms with Gasteiger partial charge in [-0.05, 0) is 12.1 Å². The first-order valence-electron chi connectivity index (χ1n) is 6.38. The molecule has 106 valence electrons. The van der Waals surface area contributed by atoms with E-state index < -0.39 is 0 Å². The van der Waals surface area contributed by atoms with Crippen molar-refractivity contribution in [2.24, 2.45) is 5.73 Å². The number of hydrogen-bond donors (Lipinski definition) is 1. The molecule has 1 aliphatic heterocycles. The number of benzene rings is 1. The summed E-state index contributed by atoms with van der Waals surface area (Å²) in [6.07, 6.45) is 0. The van der Waals surface area contributed by atoms with Gasteiger partial charge in [-0.2, -0.15) is 23.5 Å². The van der Waals surface area contributed by atoms with Crippen LogP contribution in [0.5, 0.6) is 11.5 Å². The van der Waals surface area contributed by atoms with Crippen LogP contribution >= 0.6 is 23.5 Å². The third-order valence-electron chi connectivity index (χ3n) is 3.39. The molecule has 0 aliphatic carbocycles. The predicted octanol–water partition coefficient (Wildman–Crippen LogP) is 2.94. The molecule has 1 aromatic rings. The molecular formula is C14H21NO2S2. The van der Waals surface area contributed by atoms with Crippen LogP contribution in [0.2, 0.25) is 0 Å². The zero-order valence-electron chi connectivity index (χ0n) is 11.6. The molecule has 5 heteroatoms. The number of nitrogens with two attached hydrogens (primary N) is 1. The maximum absolute atomic E-state index is 6.52. The van der Waals surface area contributed by atoms with Crippen molar-refractivity contribution >= 4 is 23.5 Å². The Morgan fingerprint density at radius 1 is 1.16 bits per heavy atom. The average Bonchev–Trinajstić information content (AvgIpc) is 2.46. The zero-order valence-corrected chi connectivity index (χ0v) is 13.2. The lowest BCUT2D eigenvalue weighted by Crippen LogP contribution is -2.34. The zero-order chi connectivity index (χ0) is 13.8. The number of thioether (sulfide) groups is 2. The molecule has 0 saturated carbocycles. The minimum absolute atomic E-state index is 0.0705. The van der Waals surface area contributed by atoms with E-state index in [1.54, 1.807) is 14.2 Å². The molecule has 1 aromatic carbocycles. The van der Waals surface area contributed by atoms with Gasteiger partial charge in [-0.1, -0.05) is 13.0 Å². The third kappa shape index (κ3) is 3.15. The van der Waals surface area contributed by atoms with Crippen LogP contribution in [0.15, 0.2) is 18.2 Å². The van der Waals surface area contributed by atoms with E-state index in [4.69, 9.17) is 15.2 Å². The quantitative estimate of drug-likeness (QED) is 0.926. The van der Waals surface area contributed by atoms with E-state index >= 15 is 0 Å². The van der Waals surface area contributed by atoms with Crippen LogP contribution < -0.4 is 15.2 Å². The summed E-state index contributed by atoms with van der Waals surface area (Å²) >= 11 is 3.95. The fourth-order valence-electron chi connectivity index (χ4n) is 2.42. The Morgan fingerprint density at radius 3 is 2.26 bits per heavy atom. The van der Waals surface area contributed by atoms with Crippen molar-refractivity contribution in [1.82, 2.24) is 0 Å². The highest BCUT2D eigenvalue weighted by molar-refractivity contribution is 8.07. The molecule has 1 aliphatic rings. The fraction of sp³-hybridized carbons (Fsp3) is 0.571. The second kappa shape index (κ2) is 6.77. The lowest BCUT2D eigenvalue weighted by Gasteiger charge is -2.33. The normalized spacial score (nSPS) is 24.8. The molecule has 1 fully saturated rings. The summed E-state index contributed by atoms with van der Waals surface area (Å²) in [5.41, 5.74) is 7.50. The van der Waals surface area contributed by atoms with E-state index in [0.29, 0.717) is 10.5 Å². The van der Waals surface area contributed by atoms with Crippen LogP contribution in [0.3, 0.4) is 0 Å². The van der Waals surface area contributed by atoms with Crippen molar-refractivity contribution in [3.8, 4) is 11.5 Å². The van der Waals surface area contributed by atoms with Gasteiger partial charge in [-0.25, -0.2) is 0 Å². The van der Waals surface area contributed by atoms with Gasteiger partial charge >= 0.3 is 0 Å². The second-order valence-corrected chi connectivity index (χ2v) is 7.28. The molecule has 3 unspecified atom stereocenters. The van der Waals surface area contributed by atoms with Crippen molar-refractivity contribution in [1.29, 1.82) is 0 Å². The summed E-state index contributed by atoms with van der Waals surface area (Å²) in [7, 11) is 3.36. The molecule has 1 heterocycles. The van der Waals surface area contributed by atoms with E-state index in [-0.39, 0.29) is 6.04 Å². The van der Waals surface area contributed by atoms with Crippen LogP contribution in [0.1, 0.15) is 18.5 Å². The summed E-state index contributed by atoms with van der Waals surface area (Å²) in [4.78, 5) is 0. The molecule has 0 aromatic heterocycles. The maximum Gasteiger partial charge on any atom is 0.127 e. The van der Waals surface area contributed by atoms with Crippen LogP contribution in [-0.2, 0) is 0 Å². The first-order chi connectivity index (χ1) is 9.19. The van der Waals surface area contributed by atoms with Gasteiger partial charge in [-0.15, -0.1) is 0 Å². The standard InChI is InChI=1S/C14H21NO2S2/c1-9-14(19-8-7-18-9)13(15)12-10(16-2)5-4-6-11(12)17-3/h4-6,9,13-14H,7-8,15H2,1-3H3. The highest BCUT2D eigenvalue weighted by Gasteiger charge is 2.32. The van der Waals surface area contributed by atoms with Gasteiger partial charge in [0.05, 0.1) is 19.8 Å². The summed E-state index contributed by atoms with van der Waals surface area (Å²) in [6, 6.07) is 5.76. The van der Waals surface area contributed by atoms with Crippen molar-refractivity contribution in [3.63, 3.8) is 0 Å². The number of hydrogen-bond acceptors (Lipinski definition) is 5. The molecule has 0 bridgehead atoms. The van der Waals surface area contributed by atoms with E-state index in [0.717, 1.165) is 22.8 Å². The van der Waals surface area contributed by atoms with Gasteiger partial charge in [0.1, 0.15) is 11.5 Å². The van der Waals surface area contributed by atoms with Gasteiger partial charge < -0.3 is 15.2 Å². The summed E-state index contributed by atoms with van der Waals surface area (Å²) in [5, 5.41) is 0.937. The van der Waals surface area contributed by atoms with Crippen LogP contribution in [0.25, 0.3) is 0 Å². The van der Waals surface area contributed by atoms with Crippen LogP contribution in [-0.4, -0.2) is 36.2 Å².